The Balaban J connectivity index is 2.16. The van der Waals surface area contributed by atoms with Crippen LogP contribution in [0.3, 0.4) is 0 Å². The third-order valence-corrected chi connectivity index (χ3v) is 4.82. The van der Waals surface area contributed by atoms with Crippen molar-refractivity contribution in [3.8, 4) is 0 Å². The fourth-order valence-corrected chi connectivity index (χ4v) is 3.63. The van der Waals surface area contributed by atoms with Crippen LogP contribution in [0.15, 0.2) is 24.3 Å². The molecule has 2 rings (SSSR count). The van der Waals surface area contributed by atoms with E-state index in [1.54, 1.807) is 0 Å². The summed E-state index contributed by atoms with van der Waals surface area (Å²) < 4.78 is 11.7. The number of carbonyl (C=O) groups is 1. The smallest absolute Gasteiger partial charge is 0.321 e. The van der Waals surface area contributed by atoms with Crippen LogP contribution in [0.25, 0.3) is 0 Å². The van der Waals surface area contributed by atoms with Crippen LogP contribution >= 0.6 is 0 Å². The fraction of sp³-hybridized carbons (Fsp3) is 0.500. The molecule has 0 bridgehead atoms. The van der Waals surface area contributed by atoms with Crippen molar-refractivity contribution in [1.82, 2.24) is 5.32 Å². The van der Waals surface area contributed by atoms with Gasteiger partial charge in [-0.1, -0.05) is 38.1 Å². The van der Waals surface area contributed by atoms with E-state index in [0.717, 1.165) is 5.56 Å². The second kappa shape index (κ2) is 5.84. The lowest BCUT2D eigenvalue weighted by Gasteiger charge is -2.28. The van der Waals surface area contributed by atoms with E-state index in [-0.39, 0.29) is 11.8 Å². The summed E-state index contributed by atoms with van der Waals surface area (Å²) >= 11 is 0. The normalized spacial score (nSPS) is 27.4. The van der Waals surface area contributed by atoms with E-state index in [4.69, 9.17) is 5.11 Å². The van der Waals surface area contributed by atoms with Crippen LogP contribution in [0, 0.1) is 0 Å². The summed E-state index contributed by atoms with van der Waals surface area (Å²) in [4.78, 5) is 11.0. The quantitative estimate of drug-likeness (QED) is 0.884. The van der Waals surface area contributed by atoms with Crippen molar-refractivity contribution in [3.05, 3.63) is 35.4 Å². The Hall–Kier alpha value is -1.20. The zero-order valence-corrected chi connectivity index (χ0v) is 11.9. The van der Waals surface area contributed by atoms with Crippen LogP contribution in [-0.2, 0) is 15.6 Å². The van der Waals surface area contributed by atoms with E-state index in [0.29, 0.717) is 11.7 Å². The molecular formula is C14H19NO3S. The molecule has 0 spiro atoms. The Morgan fingerprint density at radius 2 is 1.95 bits per heavy atom. The summed E-state index contributed by atoms with van der Waals surface area (Å²) in [7, 11) is -1.08. The van der Waals surface area contributed by atoms with Gasteiger partial charge in [0.1, 0.15) is 6.04 Å². The largest absolute Gasteiger partial charge is 0.480 e. The summed E-state index contributed by atoms with van der Waals surface area (Å²) in [6.45, 7) is 4.26. The number of rotatable bonds is 3. The molecule has 0 radical (unpaired) electrons. The molecule has 0 amide bonds. The van der Waals surface area contributed by atoms with Crippen molar-refractivity contribution in [1.29, 1.82) is 0 Å². The number of carboxylic acid groups (broad SMARTS) is 1. The second-order valence-corrected chi connectivity index (χ2v) is 6.75. The van der Waals surface area contributed by atoms with E-state index in [2.05, 4.69) is 31.3 Å². The highest BCUT2D eigenvalue weighted by molar-refractivity contribution is 7.85. The first kappa shape index (κ1) is 14.2. The zero-order chi connectivity index (χ0) is 14.0. The highest BCUT2D eigenvalue weighted by atomic mass is 32.2. The minimum Gasteiger partial charge on any atom is -0.480 e. The first-order valence-electron chi connectivity index (χ1n) is 6.41. The lowest BCUT2D eigenvalue weighted by atomic mass is 9.99. The predicted octanol–water partition coefficient (Wildman–Crippen LogP) is 1.66. The van der Waals surface area contributed by atoms with Crippen LogP contribution < -0.4 is 5.32 Å². The summed E-state index contributed by atoms with van der Waals surface area (Å²) in [6, 6.07) is 7.23. The Morgan fingerprint density at radius 1 is 1.32 bits per heavy atom. The molecule has 1 aliphatic heterocycles. The van der Waals surface area contributed by atoms with Gasteiger partial charge in [-0.3, -0.25) is 14.3 Å². The lowest BCUT2D eigenvalue weighted by Crippen LogP contribution is -2.49. The number of benzene rings is 1. The third-order valence-electron chi connectivity index (χ3n) is 3.41. The van der Waals surface area contributed by atoms with Crippen molar-refractivity contribution in [2.75, 3.05) is 11.5 Å². The molecule has 0 saturated carbocycles. The van der Waals surface area contributed by atoms with E-state index in [9.17, 15) is 9.00 Å². The summed E-state index contributed by atoms with van der Waals surface area (Å²) in [6.07, 6.45) is 0. The maximum absolute atomic E-state index is 11.7. The van der Waals surface area contributed by atoms with Crippen molar-refractivity contribution in [3.63, 3.8) is 0 Å². The van der Waals surface area contributed by atoms with Gasteiger partial charge in [-0.05, 0) is 17.0 Å². The van der Waals surface area contributed by atoms with Gasteiger partial charge in [0, 0.05) is 28.3 Å². The standard InChI is InChI=1S/C14H19NO3S/c1-9(2)10-3-5-11(6-4-10)12-7-19(18)8-13(15-12)14(16)17/h3-6,9,12-13,15H,7-8H2,1-2H3,(H,16,17). The molecule has 1 aliphatic rings. The van der Waals surface area contributed by atoms with Crippen LogP contribution in [0.4, 0.5) is 0 Å². The Labute approximate surface area is 115 Å². The molecule has 1 heterocycles. The van der Waals surface area contributed by atoms with Crippen LogP contribution in [0.2, 0.25) is 0 Å². The highest BCUT2D eigenvalue weighted by Crippen LogP contribution is 2.22. The summed E-state index contributed by atoms with van der Waals surface area (Å²) in [5.41, 5.74) is 2.25. The van der Waals surface area contributed by atoms with E-state index >= 15 is 0 Å². The monoisotopic (exact) mass is 281 g/mol. The topological polar surface area (TPSA) is 66.4 Å². The molecule has 5 heteroatoms. The summed E-state index contributed by atoms with van der Waals surface area (Å²) in [5.74, 6) is 0.201. The van der Waals surface area contributed by atoms with E-state index < -0.39 is 22.8 Å². The van der Waals surface area contributed by atoms with Gasteiger partial charge in [0.05, 0.1) is 0 Å². The molecule has 3 unspecified atom stereocenters. The van der Waals surface area contributed by atoms with E-state index in [1.807, 2.05) is 12.1 Å². The lowest BCUT2D eigenvalue weighted by molar-refractivity contribution is -0.139. The van der Waals surface area contributed by atoms with Gasteiger partial charge < -0.3 is 5.11 Å². The fourth-order valence-electron chi connectivity index (χ4n) is 2.23. The first-order valence-corrected chi connectivity index (χ1v) is 7.90. The van der Waals surface area contributed by atoms with Gasteiger partial charge in [0.25, 0.3) is 0 Å². The van der Waals surface area contributed by atoms with Crippen molar-refractivity contribution in [2.45, 2.75) is 31.8 Å². The second-order valence-electron chi connectivity index (χ2n) is 5.20. The average Bonchev–Trinajstić information content (AvgIpc) is 2.38. The van der Waals surface area contributed by atoms with Gasteiger partial charge in [0.2, 0.25) is 0 Å². The highest BCUT2D eigenvalue weighted by Gasteiger charge is 2.30. The van der Waals surface area contributed by atoms with E-state index in [1.165, 1.54) is 5.56 Å². The Kier molecular flexibility index (Phi) is 4.37. The molecule has 1 aromatic carbocycles. The van der Waals surface area contributed by atoms with Crippen LogP contribution in [0.1, 0.15) is 36.9 Å². The number of nitrogens with one attached hydrogen (secondary N) is 1. The van der Waals surface area contributed by atoms with Gasteiger partial charge in [-0.15, -0.1) is 0 Å². The van der Waals surface area contributed by atoms with Crippen molar-refractivity contribution in [2.24, 2.45) is 0 Å². The third kappa shape index (κ3) is 3.42. The van der Waals surface area contributed by atoms with Gasteiger partial charge >= 0.3 is 5.97 Å². The molecule has 3 atom stereocenters. The Bertz CT molecular complexity index is 484. The number of hydrogen-bond donors (Lipinski definition) is 2. The minimum absolute atomic E-state index is 0.142. The molecule has 4 nitrogen and oxygen atoms in total. The summed E-state index contributed by atoms with van der Waals surface area (Å²) in [5, 5.41) is 12.1. The minimum atomic E-state index is -1.08. The SMILES string of the molecule is CC(C)c1ccc(C2CS(=O)CC(C(=O)O)N2)cc1. The molecule has 2 N–H and O–H groups in total. The number of hydrogen-bond acceptors (Lipinski definition) is 3. The average molecular weight is 281 g/mol. The molecule has 0 aromatic heterocycles. The van der Waals surface area contributed by atoms with Gasteiger partial charge in [-0.25, -0.2) is 0 Å². The van der Waals surface area contributed by atoms with Crippen molar-refractivity contribution < 1.29 is 14.1 Å². The number of aliphatic carboxylic acids is 1. The maximum atomic E-state index is 11.7. The molecule has 104 valence electrons. The van der Waals surface area contributed by atoms with Crippen LogP contribution in [-0.4, -0.2) is 32.8 Å². The Morgan fingerprint density at radius 3 is 2.47 bits per heavy atom. The molecule has 1 aromatic rings. The zero-order valence-electron chi connectivity index (χ0n) is 11.1. The van der Waals surface area contributed by atoms with Crippen molar-refractivity contribution >= 4 is 16.8 Å². The first-order chi connectivity index (χ1) is 8.97. The maximum Gasteiger partial charge on any atom is 0.321 e. The van der Waals surface area contributed by atoms with Gasteiger partial charge in [-0.2, -0.15) is 0 Å². The molecule has 19 heavy (non-hydrogen) atoms. The van der Waals surface area contributed by atoms with Crippen LogP contribution in [0.5, 0.6) is 0 Å². The molecule has 0 aliphatic carbocycles. The molecule has 1 saturated heterocycles. The van der Waals surface area contributed by atoms with Gasteiger partial charge in [0.15, 0.2) is 0 Å². The predicted molar refractivity (Wildman–Crippen MR) is 75.7 cm³/mol. The molecular weight excluding hydrogens is 262 g/mol. The molecule has 1 fully saturated rings. The number of carboxylic acids is 1.